The zero-order valence-electron chi connectivity index (χ0n) is 16.2. The van der Waals surface area contributed by atoms with Crippen molar-refractivity contribution in [2.24, 2.45) is 0 Å². The molecule has 0 bridgehead atoms. The van der Waals surface area contributed by atoms with Gasteiger partial charge in [-0.1, -0.05) is 36.9 Å². The number of hydrogen-bond acceptors (Lipinski definition) is 6. The third-order valence-corrected chi connectivity index (χ3v) is 6.96. The highest BCUT2D eigenvalue weighted by Crippen LogP contribution is 2.30. The molecule has 1 amide bonds. The minimum Gasteiger partial charge on any atom is -0.480 e. The number of hydrogen-bond donors (Lipinski definition) is 3. The first-order chi connectivity index (χ1) is 14.5. The molecule has 3 N–H and O–H groups in total. The van der Waals surface area contributed by atoms with E-state index in [1.165, 1.54) is 23.0 Å². The second-order valence-corrected chi connectivity index (χ2v) is 8.85. The van der Waals surface area contributed by atoms with Gasteiger partial charge in [0.2, 0.25) is 5.91 Å². The summed E-state index contributed by atoms with van der Waals surface area (Å²) in [7, 11) is 0. The molecule has 0 fully saturated rings. The lowest BCUT2D eigenvalue weighted by Crippen LogP contribution is -2.43. The molecule has 0 aliphatic heterocycles. The van der Waals surface area contributed by atoms with Crippen LogP contribution in [0, 0.1) is 0 Å². The molecule has 0 aliphatic rings. The smallest absolute Gasteiger partial charge is 0.326 e. The number of para-hydroxylation sites is 1. The number of carboxylic acid groups (broad SMARTS) is 1. The molecule has 3 heterocycles. The number of thioether (sulfide) groups is 1. The third-order valence-electron chi connectivity index (χ3n) is 4.76. The number of thiophene rings is 1. The van der Waals surface area contributed by atoms with Gasteiger partial charge in [-0.2, -0.15) is 0 Å². The maximum absolute atomic E-state index is 12.5. The van der Waals surface area contributed by atoms with E-state index in [-0.39, 0.29) is 18.1 Å². The van der Waals surface area contributed by atoms with E-state index >= 15 is 0 Å². The predicted molar refractivity (Wildman–Crippen MR) is 119 cm³/mol. The van der Waals surface area contributed by atoms with Gasteiger partial charge >= 0.3 is 5.97 Å². The zero-order valence-corrected chi connectivity index (χ0v) is 17.8. The Kier molecular flexibility index (Phi) is 6.01. The molecule has 4 rings (SSSR count). The number of nitrogens with zero attached hydrogens (tertiary/aromatic N) is 2. The van der Waals surface area contributed by atoms with Crippen LogP contribution in [0.3, 0.4) is 0 Å². The number of amides is 1. The second kappa shape index (κ2) is 8.85. The minimum atomic E-state index is -1.06. The summed E-state index contributed by atoms with van der Waals surface area (Å²) in [5.74, 6) is -1.32. The van der Waals surface area contributed by atoms with Gasteiger partial charge in [-0.3, -0.25) is 4.79 Å². The molecule has 0 saturated heterocycles. The minimum absolute atomic E-state index is 0.0844. The van der Waals surface area contributed by atoms with Crippen LogP contribution in [0.25, 0.3) is 21.1 Å². The van der Waals surface area contributed by atoms with Gasteiger partial charge < -0.3 is 15.4 Å². The van der Waals surface area contributed by atoms with Gasteiger partial charge in [0.15, 0.2) is 0 Å². The molecule has 154 valence electrons. The van der Waals surface area contributed by atoms with Crippen molar-refractivity contribution in [1.29, 1.82) is 0 Å². The Labute approximate surface area is 180 Å². The number of aromatic amines is 1. The fourth-order valence-electron chi connectivity index (χ4n) is 3.26. The molecule has 0 saturated carbocycles. The quantitative estimate of drug-likeness (QED) is 0.285. The highest BCUT2D eigenvalue weighted by atomic mass is 32.2. The van der Waals surface area contributed by atoms with E-state index in [1.54, 1.807) is 17.5 Å². The number of fused-ring (bicyclic) bond motifs is 2. The molecule has 0 aliphatic carbocycles. The van der Waals surface area contributed by atoms with Gasteiger partial charge in [0.25, 0.3) is 0 Å². The van der Waals surface area contributed by atoms with Crippen LogP contribution in [-0.4, -0.2) is 43.7 Å². The van der Waals surface area contributed by atoms with E-state index in [9.17, 15) is 14.7 Å². The molecule has 7 nitrogen and oxygen atoms in total. The Balaban J connectivity index is 1.43. The summed E-state index contributed by atoms with van der Waals surface area (Å²) in [6, 6.07) is 8.73. The van der Waals surface area contributed by atoms with E-state index in [4.69, 9.17) is 0 Å². The SMILES string of the molecule is CCc1cc2c(SCC(=O)N[C@@H](Cc3c[nH]c4ccccc34)C(=O)O)ncnc2s1. The first kappa shape index (κ1) is 20.4. The lowest BCUT2D eigenvalue weighted by molar-refractivity contribution is -0.141. The molecule has 0 spiro atoms. The van der Waals surface area contributed by atoms with Crippen molar-refractivity contribution in [3.05, 3.63) is 53.3 Å². The Hall–Kier alpha value is -2.91. The largest absolute Gasteiger partial charge is 0.480 e. The van der Waals surface area contributed by atoms with Crippen LogP contribution < -0.4 is 5.32 Å². The third kappa shape index (κ3) is 4.31. The van der Waals surface area contributed by atoms with Crippen molar-refractivity contribution in [1.82, 2.24) is 20.3 Å². The molecule has 1 aromatic carbocycles. The van der Waals surface area contributed by atoms with Crippen molar-refractivity contribution >= 4 is 56.1 Å². The van der Waals surface area contributed by atoms with E-state index in [0.29, 0.717) is 0 Å². The highest BCUT2D eigenvalue weighted by molar-refractivity contribution is 8.00. The van der Waals surface area contributed by atoms with Crippen molar-refractivity contribution < 1.29 is 14.7 Å². The van der Waals surface area contributed by atoms with Gasteiger partial charge in [0, 0.05) is 33.8 Å². The maximum atomic E-state index is 12.5. The standard InChI is InChI=1S/C21H20N4O3S2/c1-2-13-8-15-19(23-11-24-20(15)30-13)29-10-18(26)25-17(21(27)28)7-12-9-22-16-6-4-3-5-14(12)16/h3-6,8-9,11,17,22H,2,7,10H2,1H3,(H,25,26)(H,27,28)/t17-/m0/s1. The van der Waals surface area contributed by atoms with Crippen LogP contribution in [0.15, 0.2) is 47.9 Å². The lowest BCUT2D eigenvalue weighted by Gasteiger charge is -2.14. The number of aromatic nitrogens is 3. The Morgan fingerprint density at radius 2 is 2.10 bits per heavy atom. The molecule has 30 heavy (non-hydrogen) atoms. The van der Waals surface area contributed by atoms with Crippen LogP contribution in [-0.2, 0) is 22.4 Å². The average molecular weight is 441 g/mol. The molecule has 0 unspecified atom stereocenters. The molecular formula is C21H20N4O3S2. The van der Waals surface area contributed by atoms with Gasteiger partial charge in [-0.05, 0) is 24.1 Å². The molecule has 0 radical (unpaired) electrons. The number of benzene rings is 1. The van der Waals surface area contributed by atoms with Gasteiger partial charge in [0.05, 0.1) is 5.75 Å². The fraction of sp³-hybridized carbons (Fsp3) is 0.238. The molecular weight excluding hydrogens is 420 g/mol. The zero-order chi connectivity index (χ0) is 21.1. The van der Waals surface area contributed by atoms with E-state index in [2.05, 4.69) is 33.3 Å². The summed E-state index contributed by atoms with van der Waals surface area (Å²) < 4.78 is 0. The summed E-state index contributed by atoms with van der Waals surface area (Å²) >= 11 is 2.91. The number of H-pyrrole nitrogens is 1. The van der Waals surface area contributed by atoms with E-state index in [1.807, 2.05) is 24.3 Å². The first-order valence-corrected chi connectivity index (χ1v) is 11.3. The molecule has 3 aromatic heterocycles. The number of carboxylic acids is 1. The monoisotopic (exact) mass is 440 g/mol. The van der Waals surface area contributed by atoms with Crippen LogP contribution in [0.1, 0.15) is 17.4 Å². The topological polar surface area (TPSA) is 108 Å². The molecule has 1 atom stereocenters. The first-order valence-electron chi connectivity index (χ1n) is 9.48. The van der Waals surface area contributed by atoms with Crippen molar-refractivity contribution in [3.8, 4) is 0 Å². The van der Waals surface area contributed by atoms with Crippen LogP contribution in [0.5, 0.6) is 0 Å². The van der Waals surface area contributed by atoms with E-state index < -0.39 is 12.0 Å². The van der Waals surface area contributed by atoms with Crippen molar-refractivity contribution in [2.75, 3.05) is 5.75 Å². The Bertz CT molecular complexity index is 1220. The number of rotatable bonds is 8. The maximum Gasteiger partial charge on any atom is 0.326 e. The fourth-order valence-corrected chi connectivity index (χ4v) is 5.05. The summed E-state index contributed by atoms with van der Waals surface area (Å²) in [6.07, 6.45) is 4.41. The van der Waals surface area contributed by atoms with Crippen molar-refractivity contribution in [3.63, 3.8) is 0 Å². The Morgan fingerprint density at radius 1 is 1.27 bits per heavy atom. The lowest BCUT2D eigenvalue weighted by atomic mass is 10.1. The molecule has 4 aromatic rings. The van der Waals surface area contributed by atoms with Crippen LogP contribution in [0.2, 0.25) is 0 Å². The van der Waals surface area contributed by atoms with Crippen LogP contribution in [0.4, 0.5) is 0 Å². The van der Waals surface area contributed by atoms with Crippen molar-refractivity contribution in [2.45, 2.75) is 30.8 Å². The van der Waals surface area contributed by atoms with E-state index in [0.717, 1.165) is 38.1 Å². The van der Waals surface area contributed by atoms with Gasteiger partial charge in [-0.25, -0.2) is 14.8 Å². The second-order valence-electron chi connectivity index (χ2n) is 6.77. The highest BCUT2D eigenvalue weighted by Gasteiger charge is 2.22. The summed E-state index contributed by atoms with van der Waals surface area (Å²) in [4.78, 5) is 38.0. The Morgan fingerprint density at radius 3 is 2.90 bits per heavy atom. The predicted octanol–water partition coefficient (Wildman–Crippen LogP) is 3.64. The molecule has 9 heteroatoms. The van der Waals surface area contributed by atoms with Gasteiger partial charge in [0.1, 0.15) is 22.2 Å². The average Bonchev–Trinajstić information content (AvgIpc) is 3.36. The number of aryl methyl sites for hydroxylation is 1. The summed E-state index contributed by atoms with van der Waals surface area (Å²) in [6.45, 7) is 2.08. The normalized spacial score (nSPS) is 12.3. The summed E-state index contributed by atoms with van der Waals surface area (Å²) in [5, 5.41) is 14.9. The number of carbonyl (C=O) groups excluding carboxylic acids is 1. The number of carbonyl (C=O) groups is 2. The van der Waals surface area contributed by atoms with Crippen LogP contribution >= 0.6 is 23.1 Å². The summed E-state index contributed by atoms with van der Waals surface area (Å²) in [5.41, 5.74) is 1.79. The number of aliphatic carboxylic acids is 1. The van der Waals surface area contributed by atoms with Gasteiger partial charge in [-0.15, -0.1) is 11.3 Å². The number of nitrogens with one attached hydrogen (secondary N) is 2.